The number of nitrogens with zero attached hydrogens (tertiary/aromatic N) is 3. The van der Waals surface area contributed by atoms with Gasteiger partial charge in [-0.15, -0.1) is 0 Å². The molecule has 3 aliphatic rings. The molecule has 24 heavy (non-hydrogen) atoms. The zero-order chi connectivity index (χ0) is 16.5. The van der Waals surface area contributed by atoms with E-state index in [9.17, 15) is 9.90 Å². The van der Waals surface area contributed by atoms with Crippen molar-refractivity contribution in [1.82, 2.24) is 20.0 Å². The molecule has 5 atom stereocenters. The number of urea groups is 1. The molecule has 1 unspecified atom stereocenters. The Kier molecular flexibility index (Phi) is 4.48. The highest BCUT2D eigenvalue weighted by Crippen LogP contribution is 2.35. The van der Waals surface area contributed by atoms with Crippen molar-refractivity contribution in [2.24, 2.45) is 11.8 Å². The van der Waals surface area contributed by atoms with Gasteiger partial charge in [-0.3, -0.25) is 4.68 Å². The van der Waals surface area contributed by atoms with Crippen molar-refractivity contribution < 1.29 is 9.90 Å². The Balaban J connectivity index is 1.41. The number of hydrogen-bond donors (Lipinski definition) is 2. The molecule has 6 nitrogen and oxygen atoms in total. The fraction of sp³-hybridized carbons (Fsp3) is 0.778. The first-order valence-corrected chi connectivity index (χ1v) is 9.45. The highest BCUT2D eigenvalue weighted by Gasteiger charge is 2.40. The molecule has 2 saturated carbocycles. The third kappa shape index (κ3) is 3.04. The molecule has 1 aliphatic heterocycles. The van der Waals surface area contributed by atoms with Gasteiger partial charge in [-0.1, -0.05) is 19.3 Å². The molecule has 4 rings (SSSR count). The number of aromatic nitrogens is 2. The third-order valence-corrected chi connectivity index (χ3v) is 6.22. The van der Waals surface area contributed by atoms with Gasteiger partial charge < -0.3 is 15.3 Å². The van der Waals surface area contributed by atoms with Crippen LogP contribution in [0.4, 0.5) is 4.79 Å². The molecule has 1 aromatic heterocycles. The van der Waals surface area contributed by atoms with E-state index in [1.807, 2.05) is 21.8 Å². The minimum atomic E-state index is -0.214. The van der Waals surface area contributed by atoms with Crippen LogP contribution in [0.25, 0.3) is 0 Å². The number of aliphatic hydroxyl groups is 1. The van der Waals surface area contributed by atoms with Gasteiger partial charge in [0.15, 0.2) is 0 Å². The van der Waals surface area contributed by atoms with E-state index in [1.54, 1.807) is 6.20 Å². The number of carbonyl (C=O) groups is 1. The molecule has 2 heterocycles. The average molecular weight is 332 g/mol. The summed E-state index contributed by atoms with van der Waals surface area (Å²) in [5.41, 5.74) is 0. The van der Waals surface area contributed by atoms with E-state index < -0.39 is 0 Å². The van der Waals surface area contributed by atoms with Crippen LogP contribution in [-0.4, -0.2) is 51.1 Å². The summed E-state index contributed by atoms with van der Waals surface area (Å²) in [6, 6.07) is 2.40. The predicted molar refractivity (Wildman–Crippen MR) is 90.5 cm³/mol. The second kappa shape index (κ2) is 6.75. The number of amides is 2. The number of likely N-dealkylation sites (tertiary alicyclic amines) is 1. The molecule has 2 bridgehead atoms. The van der Waals surface area contributed by atoms with E-state index in [4.69, 9.17) is 0 Å². The molecule has 0 spiro atoms. The summed E-state index contributed by atoms with van der Waals surface area (Å²) in [6.07, 6.45) is 11.3. The van der Waals surface area contributed by atoms with Crippen molar-refractivity contribution in [3.05, 3.63) is 18.5 Å². The maximum Gasteiger partial charge on any atom is 0.317 e. The van der Waals surface area contributed by atoms with E-state index in [1.165, 1.54) is 12.8 Å². The maximum absolute atomic E-state index is 12.8. The first-order chi connectivity index (χ1) is 11.7. The third-order valence-electron chi connectivity index (χ3n) is 6.22. The van der Waals surface area contributed by atoms with Crippen molar-refractivity contribution >= 4 is 6.03 Å². The number of fused-ring (bicyclic) bond motifs is 2. The fourth-order valence-electron chi connectivity index (χ4n) is 4.90. The lowest BCUT2D eigenvalue weighted by Gasteiger charge is -2.45. The summed E-state index contributed by atoms with van der Waals surface area (Å²) in [5, 5.41) is 18.0. The van der Waals surface area contributed by atoms with Gasteiger partial charge in [0, 0.05) is 37.3 Å². The lowest BCUT2D eigenvalue weighted by atomic mass is 9.75. The summed E-state index contributed by atoms with van der Waals surface area (Å²) in [6.45, 7) is 1.39. The van der Waals surface area contributed by atoms with Crippen LogP contribution in [0, 0.1) is 11.8 Å². The van der Waals surface area contributed by atoms with E-state index in [0.717, 1.165) is 32.1 Å². The first kappa shape index (κ1) is 15.9. The Labute approximate surface area is 143 Å². The summed E-state index contributed by atoms with van der Waals surface area (Å²) >= 11 is 0. The lowest BCUT2D eigenvalue weighted by molar-refractivity contribution is -0.0372. The topological polar surface area (TPSA) is 70.4 Å². The zero-order valence-electron chi connectivity index (χ0n) is 14.2. The molecule has 3 fully saturated rings. The van der Waals surface area contributed by atoms with Crippen molar-refractivity contribution in [2.45, 2.75) is 63.1 Å². The smallest absolute Gasteiger partial charge is 0.317 e. The second-order valence-electron chi connectivity index (χ2n) is 7.74. The Morgan fingerprint density at radius 2 is 1.83 bits per heavy atom. The van der Waals surface area contributed by atoms with Crippen LogP contribution in [-0.2, 0) is 0 Å². The van der Waals surface area contributed by atoms with Crippen molar-refractivity contribution in [1.29, 1.82) is 0 Å². The molecular weight excluding hydrogens is 304 g/mol. The number of rotatable bonds is 2. The largest absolute Gasteiger partial charge is 0.392 e. The van der Waals surface area contributed by atoms with Gasteiger partial charge in [0.25, 0.3) is 0 Å². The number of aliphatic hydroxyl groups excluding tert-OH is 1. The van der Waals surface area contributed by atoms with Gasteiger partial charge in [-0.2, -0.15) is 5.10 Å². The Morgan fingerprint density at radius 3 is 2.54 bits per heavy atom. The standard InChI is InChI=1S/C18H28N4O2/c23-17-13-5-3-6-14(17)12-21(11-13)18(24)20-15-7-1-2-8-16(15)22-10-4-9-19-22/h4,9-10,13-17,23H,1-3,5-8,11-12H2,(H,20,24)/t13-,14+,15-,16-,17?/m0/s1. The molecule has 2 amide bonds. The van der Waals surface area contributed by atoms with Crippen LogP contribution in [0.5, 0.6) is 0 Å². The Morgan fingerprint density at radius 1 is 1.08 bits per heavy atom. The molecule has 2 aliphatic carbocycles. The molecule has 1 aromatic rings. The van der Waals surface area contributed by atoms with Gasteiger partial charge >= 0.3 is 6.03 Å². The molecule has 0 aromatic carbocycles. The lowest BCUT2D eigenvalue weighted by Crippen LogP contribution is -2.57. The van der Waals surface area contributed by atoms with Gasteiger partial charge in [0.1, 0.15) is 0 Å². The SMILES string of the molecule is O=C(N[C@H]1CCCC[C@@H]1n1cccn1)N1C[C@H]2CCC[C@@H](C1)C2O. The van der Waals surface area contributed by atoms with E-state index >= 15 is 0 Å². The molecule has 0 radical (unpaired) electrons. The fourth-order valence-corrected chi connectivity index (χ4v) is 4.90. The normalized spacial score (nSPS) is 36.4. The summed E-state index contributed by atoms with van der Waals surface area (Å²) in [4.78, 5) is 14.8. The van der Waals surface area contributed by atoms with Crippen LogP contribution < -0.4 is 5.32 Å². The molecule has 132 valence electrons. The quantitative estimate of drug-likeness (QED) is 0.872. The van der Waals surface area contributed by atoms with Crippen molar-refractivity contribution in [3.8, 4) is 0 Å². The average Bonchev–Trinajstić information content (AvgIpc) is 3.09. The van der Waals surface area contributed by atoms with Crippen LogP contribution >= 0.6 is 0 Å². The van der Waals surface area contributed by atoms with Gasteiger partial charge in [0.2, 0.25) is 0 Å². The summed E-state index contributed by atoms with van der Waals surface area (Å²) in [7, 11) is 0. The minimum absolute atomic E-state index is 0.0443. The number of piperidine rings is 1. The molecular formula is C18H28N4O2. The highest BCUT2D eigenvalue weighted by atomic mass is 16.3. The molecule has 1 saturated heterocycles. The second-order valence-corrected chi connectivity index (χ2v) is 7.74. The highest BCUT2D eigenvalue weighted by molar-refractivity contribution is 5.74. The monoisotopic (exact) mass is 332 g/mol. The minimum Gasteiger partial charge on any atom is -0.392 e. The Bertz CT molecular complexity index is 547. The Hall–Kier alpha value is -1.56. The first-order valence-electron chi connectivity index (χ1n) is 9.45. The van der Waals surface area contributed by atoms with E-state index in [0.29, 0.717) is 13.1 Å². The number of hydrogen-bond acceptors (Lipinski definition) is 3. The molecule has 2 N–H and O–H groups in total. The van der Waals surface area contributed by atoms with Gasteiger partial charge in [0.05, 0.1) is 18.2 Å². The van der Waals surface area contributed by atoms with Crippen molar-refractivity contribution in [2.75, 3.05) is 13.1 Å². The van der Waals surface area contributed by atoms with Crippen LogP contribution in [0.2, 0.25) is 0 Å². The zero-order valence-corrected chi connectivity index (χ0v) is 14.2. The maximum atomic E-state index is 12.8. The summed E-state index contributed by atoms with van der Waals surface area (Å²) in [5.74, 6) is 0.521. The number of carbonyl (C=O) groups excluding carboxylic acids is 1. The predicted octanol–water partition coefficient (Wildman–Crippen LogP) is 2.17. The van der Waals surface area contributed by atoms with E-state index in [2.05, 4.69) is 10.4 Å². The van der Waals surface area contributed by atoms with Gasteiger partial charge in [-0.05, 0) is 31.7 Å². The van der Waals surface area contributed by atoms with E-state index in [-0.39, 0.29) is 36.1 Å². The molecule has 6 heteroatoms. The van der Waals surface area contributed by atoms with Crippen LogP contribution in [0.3, 0.4) is 0 Å². The summed E-state index contributed by atoms with van der Waals surface area (Å²) < 4.78 is 2.00. The van der Waals surface area contributed by atoms with Gasteiger partial charge in [-0.25, -0.2) is 4.79 Å². The van der Waals surface area contributed by atoms with Crippen LogP contribution in [0.15, 0.2) is 18.5 Å². The van der Waals surface area contributed by atoms with Crippen LogP contribution in [0.1, 0.15) is 51.0 Å². The van der Waals surface area contributed by atoms with Crippen molar-refractivity contribution in [3.63, 3.8) is 0 Å². The number of nitrogens with one attached hydrogen (secondary N) is 1.